The molecule has 0 atom stereocenters. The number of nitrogens with zero attached hydrogens (tertiary/aromatic N) is 5. The van der Waals surface area contributed by atoms with Crippen molar-refractivity contribution >= 4 is 28.0 Å². The van der Waals surface area contributed by atoms with Crippen LogP contribution in [0.5, 0.6) is 0 Å². The molecule has 2 aliphatic rings. The number of likely N-dealkylation sites (tertiary alicyclic amines) is 1. The molecule has 4 heterocycles. The van der Waals surface area contributed by atoms with Crippen LogP contribution < -0.4 is 0 Å². The van der Waals surface area contributed by atoms with E-state index in [-0.39, 0.29) is 5.91 Å². The van der Waals surface area contributed by atoms with E-state index in [4.69, 9.17) is 4.98 Å². The Labute approximate surface area is 206 Å². The molecular weight excluding hydrogens is 436 g/mol. The van der Waals surface area contributed by atoms with Gasteiger partial charge in [-0.15, -0.1) is 0 Å². The van der Waals surface area contributed by atoms with Crippen LogP contribution in [-0.4, -0.2) is 61.4 Å². The van der Waals surface area contributed by atoms with E-state index in [0.717, 1.165) is 73.2 Å². The second-order valence-electron chi connectivity index (χ2n) is 10.2. The molecule has 2 fully saturated rings. The van der Waals surface area contributed by atoms with Gasteiger partial charge in [-0.05, 0) is 37.3 Å². The van der Waals surface area contributed by atoms with Crippen molar-refractivity contribution in [3.63, 3.8) is 0 Å². The second kappa shape index (κ2) is 9.46. The van der Waals surface area contributed by atoms with Gasteiger partial charge in [0, 0.05) is 50.3 Å². The molecule has 1 amide bonds. The monoisotopic (exact) mass is 470 g/mol. The van der Waals surface area contributed by atoms with Crippen LogP contribution in [0.1, 0.15) is 56.0 Å². The van der Waals surface area contributed by atoms with Crippen molar-refractivity contribution in [2.75, 3.05) is 20.1 Å². The molecule has 7 heteroatoms. The molecule has 1 aromatic carbocycles. The Morgan fingerprint density at radius 1 is 1.09 bits per heavy atom. The van der Waals surface area contributed by atoms with Gasteiger partial charge >= 0.3 is 0 Å². The third-order valence-electron chi connectivity index (χ3n) is 8.05. The van der Waals surface area contributed by atoms with Gasteiger partial charge in [-0.2, -0.15) is 0 Å². The van der Waals surface area contributed by atoms with Gasteiger partial charge in [0.05, 0.1) is 18.1 Å². The number of likely N-dealkylation sites (N-methyl/N-ethyl adjacent to an activating group) is 1. The number of H-pyrrole nitrogens is 1. The number of aromatic amines is 1. The molecule has 182 valence electrons. The number of imidazole rings is 1. The summed E-state index contributed by atoms with van der Waals surface area (Å²) in [7, 11) is 1.97. The lowest BCUT2D eigenvalue weighted by molar-refractivity contribution is -0.131. The fourth-order valence-corrected chi connectivity index (χ4v) is 6.09. The number of aromatic nitrogens is 4. The van der Waals surface area contributed by atoms with Crippen molar-refractivity contribution in [1.29, 1.82) is 0 Å². The Bertz CT molecular complexity index is 1310. The van der Waals surface area contributed by atoms with Crippen molar-refractivity contribution in [1.82, 2.24) is 29.3 Å². The predicted octanol–water partition coefficient (Wildman–Crippen LogP) is 4.69. The summed E-state index contributed by atoms with van der Waals surface area (Å²) in [4.78, 5) is 30.6. The van der Waals surface area contributed by atoms with E-state index in [1.165, 1.54) is 18.4 Å². The minimum absolute atomic E-state index is 0.174. The molecule has 0 radical (unpaired) electrons. The molecule has 1 aliphatic heterocycles. The van der Waals surface area contributed by atoms with Crippen molar-refractivity contribution in [2.45, 2.75) is 63.6 Å². The van der Waals surface area contributed by atoms with Crippen molar-refractivity contribution < 1.29 is 4.79 Å². The highest BCUT2D eigenvalue weighted by Crippen LogP contribution is 2.33. The molecule has 35 heavy (non-hydrogen) atoms. The van der Waals surface area contributed by atoms with Gasteiger partial charge in [0.25, 0.3) is 0 Å². The minimum atomic E-state index is 0.174. The molecule has 1 saturated heterocycles. The molecule has 0 bridgehead atoms. The van der Waals surface area contributed by atoms with Gasteiger partial charge in [0.1, 0.15) is 17.0 Å². The maximum Gasteiger partial charge on any atom is 0.230 e. The summed E-state index contributed by atoms with van der Waals surface area (Å²) in [6.45, 7) is 3.06. The van der Waals surface area contributed by atoms with Crippen LogP contribution in [0.3, 0.4) is 0 Å². The van der Waals surface area contributed by atoms with Crippen LogP contribution in [0.4, 0.5) is 0 Å². The maximum atomic E-state index is 13.3. The van der Waals surface area contributed by atoms with Crippen molar-refractivity contribution in [3.8, 4) is 0 Å². The Morgan fingerprint density at radius 2 is 1.86 bits per heavy atom. The first-order chi connectivity index (χ1) is 17.2. The van der Waals surface area contributed by atoms with Gasteiger partial charge < -0.3 is 14.5 Å². The van der Waals surface area contributed by atoms with E-state index < -0.39 is 0 Å². The Hall–Kier alpha value is -3.19. The molecule has 0 spiro atoms. The summed E-state index contributed by atoms with van der Waals surface area (Å²) in [5.74, 6) is 1.06. The average molecular weight is 471 g/mol. The maximum absolute atomic E-state index is 13.3. The van der Waals surface area contributed by atoms with Crippen LogP contribution >= 0.6 is 0 Å². The van der Waals surface area contributed by atoms with E-state index in [1.807, 2.05) is 24.3 Å². The summed E-state index contributed by atoms with van der Waals surface area (Å²) in [6.07, 6.45) is 10.9. The van der Waals surface area contributed by atoms with Crippen molar-refractivity contribution in [3.05, 3.63) is 60.2 Å². The summed E-state index contributed by atoms with van der Waals surface area (Å²) >= 11 is 0. The number of carbonyl (C=O) groups is 1. The highest BCUT2D eigenvalue weighted by atomic mass is 16.2. The first-order valence-electron chi connectivity index (χ1n) is 13.0. The zero-order chi connectivity index (χ0) is 23.8. The van der Waals surface area contributed by atoms with Crippen LogP contribution in [0.2, 0.25) is 0 Å². The standard InChI is InChI=1S/C28H34N6O/c1-32(21-9-5-6-10-21)26(35)17-25-31-24-18-30-28-23(11-14-29-28)27(24)34(25)22-12-15-33(16-13-22)19-20-7-3-2-4-8-20/h2-4,7-8,11,14,18,21-22H,5-6,9-10,12-13,15-17,19H2,1H3,(H,29,30). The number of hydrogen-bond acceptors (Lipinski definition) is 4. The zero-order valence-corrected chi connectivity index (χ0v) is 20.5. The van der Waals surface area contributed by atoms with Gasteiger partial charge in [0.15, 0.2) is 0 Å². The predicted molar refractivity (Wildman–Crippen MR) is 138 cm³/mol. The normalized spacial score (nSPS) is 18.1. The van der Waals surface area contributed by atoms with E-state index in [2.05, 4.69) is 55.8 Å². The van der Waals surface area contributed by atoms with Gasteiger partial charge in [-0.3, -0.25) is 9.69 Å². The average Bonchev–Trinajstić information content (AvgIpc) is 3.64. The fraction of sp³-hybridized carbons (Fsp3) is 0.464. The third-order valence-corrected chi connectivity index (χ3v) is 8.05. The number of amides is 1. The van der Waals surface area contributed by atoms with Gasteiger partial charge in [-0.25, -0.2) is 9.97 Å². The lowest BCUT2D eigenvalue weighted by atomic mass is 10.0. The summed E-state index contributed by atoms with van der Waals surface area (Å²) in [6, 6.07) is 13.5. The lowest BCUT2D eigenvalue weighted by Gasteiger charge is -2.34. The molecule has 7 nitrogen and oxygen atoms in total. The number of rotatable bonds is 6. The summed E-state index contributed by atoms with van der Waals surface area (Å²) < 4.78 is 2.38. The minimum Gasteiger partial charge on any atom is -0.346 e. The Morgan fingerprint density at radius 3 is 2.63 bits per heavy atom. The van der Waals surface area contributed by atoms with Gasteiger partial charge in [-0.1, -0.05) is 43.2 Å². The van der Waals surface area contributed by atoms with E-state index >= 15 is 0 Å². The molecule has 0 unspecified atom stereocenters. The largest absolute Gasteiger partial charge is 0.346 e. The molecular formula is C28H34N6O. The SMILES string of the molecule is CN(C(=O)Cc1nc2cnc3[nH]ccc3c2n1C1CCN(Cc2ccccc2)CC1)C1CCCC1. The number of hydrogen-bond donors (Lipinski definition) is 1. The zero-order valence-electron chi connectivity index (χ0n) is 20.5. The number of pyridine rings is 1. The second-order valence-corrected chi connectivity index (χ2v) is 10.2. The Balaban J connectivity index is 1.29. The van der Waals surface area contributed by atoms with Crippen molar-refractivity contribution in [2.24, 2.45) is 0 Å². The smallest absolute Gasteiger partial charge is 0.230 e. The molecule has 6 rings (SSSR count). The molecule has 1 N–H and O–H groups in total. The summed E-state index contributed by atoms with van der Waals surface area (Å²) in [5, 5.41) is 1.09. The molecule has 1 aliphatic carbocycles. The van der Waals surface area contributed by atoms with Gasteiger partial charge in [0.2, 0.25) is 5.91 Å². The highest BCUT2D eigenvalue weighted by Gasteiger charge is 2.29. The third kappa shape index (κ3) is 4.33. The van der Waals surface area contributed by atoms with Crippen LogP contribution in [0.25, 0.3) is 22.1 Å². The fourth-order valence-electron chi connectivity index (χ4n) is 6.09. The molecule has 1 saturated carbocycles. The number of nitrogens with one attached hydrogen (secondary N) is 1. The quantitative estimate of drug-likeness (QED) is 0.444. The van der Waals surface area contributed by atoms with E-state index in [9.17, 15) is 4.79 Å². The first kappa shape index (κ1) is 22.3. The first-order valence-corrected chi connectivity index (χ1v) is 13.0. The Kier molecular flexibility index (Phi) is 6.02. The van der Waals surface area contributed by atoms with E-state index in [0.29, 0.717) is 18.5 Å². The topological polar surface area (TPSA) is 70.0 Å². The lowest BCUT2D eigenvalue weighted by Crippen LogP contribution is -2.37. The molecule has 4 aromatic rings. The van der Waals surface area contributed by atoms with Crippen LogP contribution in [-0.2, 0) is 17.8 Å². The van der Waals surface area contributed by atoms with Crippen LogP contribution in [0, 0.1) is 0 Å². The summed E-state index contributed by atoms with van der Waals surface area (Å²) in [5.41, 5.74) is 4.24. The van der Waals surface area contributed by atoms with E-state index in [1.54, 1.807) is 0 Å². The number of piperidine rings is 1. The number of benzene rings is 1. The molecule has 3 aromatic heterocycles. The number of carbonyl (C=O) groups excluding carboxylic acids is 1. The number of fused-ring (bicyclic) bond motifs is 3. The van der Waals surface area contributed by atoms with Crippen LogP contribution in [0.15, 0.2) is 48.8 Å². The highest BCUT2D eigenvalue weighted by molar-refractivity contribution is 6.01.